The summed E-state index contributed by atoms with van der Waals surface area (Å²) < 4.78 is 61.4. The third-order valence-electron chi connectivity index (χ3n) is 5.83. The quantitative estimate of drug-likeness (QED) is 0.228. The van der Waals surface area contributed by atoms with Crippen LogP contribution >= 0.6 is 22.9 Å². The summed E-state index contributed by atoms with van der Waals surface area (Å²) in [6, 6.07) is 4.83. The second-order valence-corrected chi connectivity index (χ2v) is 10.2. The molecular formula is C26H31ClF3N3O6S. The van der Waals surface area contributed by atoms with Gasteiger partial charge in [0.25, 0.3) is 5.91 Å². The number of anilines is 1. The number of halogens is 4. The lowest BCUT2D eigenvalue weighted by Gasteiger charge is -2.22. The molecule has 2 aromatic carbocycles. The Labute approximate surface area is 238 Å². The van der Waals surface area contributed by atoms with E-state index in [1.54, 1.807) is 20.3 Å². The molecular weight excluding hydrogens is 575 g/mol. The number of methoxy groups -OCH3 is 3. The van der Waals surface area contributed by atoms with Gasteiger partial charge in [0.2, 0.25) is 0 Å². The minimum Gasteiger partial charge on any atom is -0.507 e. The molecule has 1 heterocycles. The molecule has 2 N–H and O–H groups in total. The molecule has 3 aromatic rings. The van der Waals surface area contributed by atoms with Crippen molar-refractivity contribution in [1.82, 2.24) is 9.88 Å². The molecule has 0 saturated heterocycles. The van der Waals surface area contributed by atoms with Gasteiger partial charge in [-0.25, -0.2) is 4.98 Å². The maximum absolute atomic E-state index is 13.5. The number of carbonyl (C=O) groups excluding carboxylic acids is 1. The van der Waals surface area contributed by atoms with Crippen molar-refractivity contribution < 1.29 is 42.0 Å². The number of nitrogens with zero attached hydrogens (tertiary/aromatic N) is 2. The molecule has 0 aliphatic heterocycles. The Bertz CT molecular complexity index is 1280. The zero-order chi connectivity index (χ0) is 29.3. The summed E-state index contributed by atoms with van der Waals surface area (Å²) in [5, 5.41) is 13.8. The van der Waals surface area contributed by atoms with Crippen LogP contribution in [0.4, 0.5) is 18.3 Å². The Kier molecular flexibility index (Phi) is 11.9. The van der Waals surface area contributed by atoms with E-state index in [2.05, 4.69) is 10.3 Å². The third kappa shape index (κ3) is 8.74. The normalized spacial score (nSPS) is 12.0. The van der Waals surface area contributed by atoms with Crippen LogP contribution in [0, 0.1) is 0 Å². The standard InChI is InChI=1S/C26H31ClF3N3O6S/c1-36-6-4-33(5-7-37-2)14-16-11-19(27)13-20(23(16)34)24(35)32-25-31-22-17(15-39-9-8-38-3)10-18(26(28,29)30)12-21(22)40-25/h10-13,34H,4-9,14-15H2,1-3H3,(H,31,32,35). The average molecular weight is 606 g/mol. The van der Waals surface area contributed by atoms with Crippen LogP contribution in [0.2, 0.25) is 5.02 Å². The number of aromatic nitrogens is 1. The number of thiazole rings is 1. The molecule has 0 bridgehead atoms. The van der Waals surface area contributed by atoms with Crippen LogP contribution < -0.4 is 5.32 Å². The molecule has 0 fully saturated rings. The minimum absolute atomic E-state index is 0.0557. The first kappa shape index (κ1) is 32.0. The molecule has 0 saturated carbocycles. The van der Waals surface area contributed by atoms with E-state index < -0.39 is 17.6 Å². The molecule has 0 aliphatic rings. The lowest BCUT2D eigenvalue weighted by Crippen LogP contribution is -2.30. The SMILES string of the molecule is COCCOCc1cc(C(F)(F)F)cc2sc(NC(=O)c3cc(Cl)cc(CN(CCOC)CCOC)c3O)nc12. The van der Waals surface area contributed by atoms with Crippen LogP contribution in [0.15, 0.2) is 24.3 Å². The lowest BCUT2D eigenvalue weighted by molar-refractivity contribution is -0.137. The van der Waals surface area contributed by atoms with Gasteiger partial charge in [-0.2, -0.15) is 13.2 Å². The van der Waals surface area contributed by atoms with E-state index in [1.165, 1.54) is 13.2 Å². The molecule has 1 aromatic heterocycles. The first-order chi connectivity index (χ1) is 19.1. The summed E-state index contributed by atoms with van der Waals surface area (Å²) in [5.74, 6) is -0.982. The molecule has 1 amide bonds. The number of phenolic OH excluding ortho intramolecular Hbond substituents is 1. The van der Waals surface area contributed by atoms with Crippen LogP contribution in [0.1, 0.15) is 27.0 Å². The number of rotatable bonds is 15. The van der Waals surface area contributed by atoms with Crippen molar-refractivity contribution in [2.75, 3.05) is 66.2 Å². The molecule has 0 radical (unpaired) electrons. The van der Waals surface area contributed by atoms with Crippen LogP contribution in [0.25, 0.3) is 10.2 Å². The van der Waals surface area contributed by atoms with Crippen molar-refractivity contribution in [3.05, 3.63) is 51.5 Å². The van der Waals surface area contributed by atoms with Gasteiger partial charge in [-0.3, -0.25) is 15.0 Å². The Hall–Kier alpha value is -2.52. The number of phenols is 1. The monoisotopic (exact) mass is 605 g/mol. The lowest BCUT2D eigenvalue weighted by atomic mass is 10.1. The van der Waals surface area contributed by atoms with Gasteiger partial charge in [0.15, 0.2) is 5.13 Å². The van der Waals surface area contributed by atoms with E-state index >= 15 is 0 Å². The fourth-order valence-corrected chi connectivity index (χ4v) is 5.00. The molecule has 0 atom stereocenters. The van der Waals surface area contributed by atoms with Gasteiger partial charge in [-0.1, -0.05) is 22.9 Å². The highest BCUT2D eigenvalue weighted by molar-refractivity contribution is 7.22. The van der Waals surface area contributed by atoms with Crippen molar-refractivity contribution in [2.24, 2.45) is 0 Å². The molecule has 14 heteroatoms. The summed E-state index contributed by atoms with van der Waals surface area (Å²) >= 11 is 7.15. The molecule has 40 heavy (non-hydrogen) atoms. The Morgan fingerprint density at radius 2 is 1.70 bits per heavy atom. The van der Waals surface area contributed by atoms with Crippen molar-refractivity contribution in [2.45, 2.75) is 19.3 Å². The number of alkyl halides is 3. The molecule has 0 unspecified atom stereocenters. The fourth-order valence-electron chi connectivity index (χ4n) is 3.82. The van der Waals surface area contributed by atoms with E-state index in [0.717, 1.165) is 23.5 Å². The van der Waals surface area contributed by atoms with Crippen LogP contribution in [0.3, 0.4) is 0 Å². The first-order valence-electron chi connectivity index (χ1n) is 12.2. The topological polar surface area (TPSA) is 102 Å². The van der Waals surface area contributed by atoms with Gasteiger partial charge in [-0.15, -0.1) is 0 Å². The van der Waals surface area contributed by atoms with Crippen molar-refractivity contribution in [3.8, 4) is 5.75 Å². The number of aromatic hydroxyl groups is 1. The zero-order valence-electron chi connectivity index (χ0n) is 22.3. The van der Waals surface area contributed by atoms with E-state index in [-0.39, 0.29) is 63.6 Å². The van der Waals surface area contributed by atoms with E-state index in [0.29, 0.717) is 31.9 Å². The number of amides is 1. The average Bonchev–Trinajstić information content (AvgIpc) is 3.31. The van der Waals surface area contributed by atoms with Gasteiger partial charge >= 0.3 is 6.18 Å². The minimum atomic E-state index is -4.58. The molecule has 0 aliphatic carbocycles. The van der Waals surface area contributed by atoms with Gasteiger partial charge in [0.05, 0.1) is 54.4 Å². The molecule has 0 spiro atoms. The summed E-state index contributed by atoms with van der Waals surface area (Å²) in [7, 11) is 4.65. The molecule has 220 valence electrons. The summed E-state index contributed by atoms with van der Waals surface area (Å²) in [6.07, 6.45) is -4.58. The Morgan fingerprint density at radius 1 is 1.02 bits per heavy atom. The van der Waals surface area contributed by atoms with E-state index in [1.807, 2.05) is 4.90 Å². The molecule has 3 rings (SSSR count). The number of ether oxygens (including phenoxy) is 4. The first-order valence-corrected chi connectivity index (χ1v) is 13.4. The smallest absolute Gasteiger partial charge is 0.416 e. The van der Waals surface area contributed by atoms with Gasteiger partial charge in [-0.05, 0) is 24.3 Å². The highest BCUT2D eigenvalue weighted by atomic mass is 35.5. The van der Waals surface area contributed by atoms with Crippen molar-refractivity contribution in [3.63, 3.8) is 0 Å². The predicted octanol–water partition coefficient (Wildman–Crippen LogP) is 5.18. The second-order valence-electron chi connectivity index (χ2n) is 8.72. The maximum atomic E-state index is 13.5. The summed E-state index contributed by atoms with van der Waals surface area (Å²) in [5.41, 5.74) is -0.0410. The Balaban J connectivity index is 1.88. The van der Waals surface area contributed by atoms with Crippen LogP contribution in [-0.4, -0.2) is 81.7 Å². The number of hydrogen-bond acceptors (Lipinski definition) is 9. The van der Waals surface area contributed by atoms with Crippen molar-refractivity contribution >= 4 is 44.2 Å². The van der Waals surface area contributed by atoms with Crippen LogP contribution in [0.5, 0.6) is 5.75 Å². The summed E-state index contributed by atoms with van der Waals surface area (Å²) in [6.45, 7) is 2.62. The molecule has 9 nitrogen and oxygen atoms in total. The van der Waals surface area contributed by atoms with E-state index in [9.17, 15) is 23.1 Å². The number of benzene rings is 2. The van der Waals surface area contributed by atoms with Gasteiger partial charge in [0, 0.05) is 57.1 Å². The van der Waals surface area contributed by atoms with Gasteiger partial charge in [0.1, 0.15) is 5.75 Å². The summed E-state index contributed by atoms with van der Waals surface area (Å²) in [4.78, 5) is 19.5. The zero-order valence-corrected chi connectivity index (χ0v) is 23.8. The van der Waals surface area contributed by atoms with Crippen molar-refractivity contribution in [1.29, 1.82) is 0 Å². The highest BCUT2D eigenvalue weighted by Crippen LogP contribution is 2.37. The predicted molar refractivity (Wildman–Crippen MR) is 146 cm³/mol. The maximum Gasteiger partial charge on any atom is 0.416 e. The third-order valence-corrected chi connectivity index (χ3v) is 6.96. The number of carbonyl (C=O) groups is 1. The van der Waals surface area contributed by atoms with Crippen LogP contribution in [-0.2, 0) is 38.3 Å². The second kappa shape index (κ2) is 14.9. The number of nitrogens with one attached hydrogen (secondary N) is 1. The number of fused-ring (bicyclic) bond motifs is 1. The highest BCUT2D eigenvalue weighted by Gasteiger charge is 2.32. The fraction of sp³-hybridized carbons (Fsp3) is 0.462. The van der Waals surface area contributed by atoms with E-state index in [4.69, 9.17) is 30.5 Å². The van der Waals surface area contributed by atoms with Gasteiger partial charge < -0.3 is 24.1 Å². The number of hydrogen-bond donors (Lipinski definition) is 2. The Morgan fingerprint density at radius 3 is 2.33 bits per heavy atom. The largest absolute Gasteiger partial charge is 0.507 e.